The van der Waals surface area contributed by atoms with E-state index in [1.165, 1.54) is 17.3 Å². The number of nitrogen functional groups attached to an aromatic ring is 1. The molecule has 0 aliphatic rings. The first-order valence-electron chi connectivity index (χ1n) is 6.01. The molecular formula is C15H16N2OS. The Morgan fingerprint density at radius 2 is 2.11 bits per heavy atom. The van der Waals surface area contributed by atoms with Gasteiger partial charge in [0.05, 0.1) is 11.3 Å². The van der Waals surface area contributed by atoms with Gasteiger partial charge in [0.15, 0.2) is 5.78 Å². The molecule has 0 aliphatic heterocycles. The highest BCUT2D eigenvalue weighted by molar-refractivity contribution is 8.00. The number of carbonyl (C=O) groups excluding carboxylic acids is 1. The molecule has 2 aromatic rings. The highest BCUT2D eigenvalue weighted by atomic mass is 32.2. The van der Waals surface area contributed by atoms with Crippen LogP contribution in [0, 0.1) is 13.8 Å². The second kappa shape index (κ2) is 5.89. The van der Waals surface area contributed by atoms with Gasteiger partial charge in [0.25, 0.3) is 0 Å². The number of Topliss-reactive ketones (excluding diaryl/α,β-unsaturated/α-hetero) is 1. The third-order valence-electron chi connectivity index (χ3n) is 2.83. The maximum absolute atomic E-state index is 12.2. The standard InChI is InChI=1S/C15H16N2OS/c1-10-4-3-5-12(8-10)19-9-13(18)14-11(2)6-7-17-15(14)16/h3-8H,9H2,1-2H3,(H2,16,17). The van der Waals surface area contributed by atoms with Crippen LogP contribution in [0.15, 0.2) is 41.4 Å². The van der Waals surface area contributed by atoms with Gasteiger partial charge in [0.2, 0.25) is 0 Å². The zero-order chi connectivity index (χ0) is 13.8. The molecule has 0 amide bonds. The molecular weight excluding hydrogens is 256 g/mol. The Labute approximate surface area is 117 Å². The molecule has 1 aromatic carbocycles. The van der Waals surface area contributed by atoms with Crippen LogP contribution in [-0.2, 0) is 0 Å². The van der Waals surface area contributed by atoms with Gasteiger partial charge in [-0.1, -0.05) is 17.7 Å². The Balaban J connectivity index is 2.10. The molecule has 98 valence electrons. The molecule has 1 aromatic heterocycles. The number of aryl methyl sites for hydroxylation is 2. The molecule has 19 heavy (non-hydrogen) atoms. The second-order valence-corrected chi connectivity index (χ2v) is 5.47. The predicted octanol–water partition coefficient (Wildman–Crippen LogP) is 3.26. The number of hydrogen-bond donors (Lipinski definition) is 1. The maximum atomic E-state index is 12.2. The van der Waals surface area contributed by atoms with E-state index < -0.39 is 0 Å². The number of aromatic nitrogens is 1. The van der Waals surface area contributed by atoms with Crippen molar-refractivity contribution in [3.05, 3.63) is 53.2 Å². The first kappa shape index (κ1) is 13.6. The van der Waals surface area contributed by atoms with Gasteiger partial charge in [0.1, 0.15) is 5.82 Å². The summed E-state index contributed by atoms with van der Waals surface area (Å²) in [6.45, 7) is 3.91. The van der Waals surface area contributed by atoms with Gasteiger partial charge < -0.3 is 5.73 Å². The van der Waals surface area contributed by atoms with Gasteiger partial charge in [-0.3, -0.25) is 4.79 Å². The quantitative estimate of drug-likeness (QED) is 0.685. The number of ketones is 1. The summed E-state index contributed by atoms with van der Waals surface area (Å²) in [4.78, 5) is 17.3. The average Bonchev–Trinajstić information content (AvgIpc) is 2.36. The topological polar surface area (TPSA) is 56.0 Å². The van der Waals surface area contributed by atoms with E-state index in [1.807, 2.05) is 32.0 Å². The Kier molecular flexibility index (Phi) is 4.22. The largest absolute Gasteiger partial charge is 0.383 e. The van der Waals surface area contributed by atoms with Crippen LogP contribution < -0.4 is 5.73 Å². The number of pyridine rings is 1. The number of hydrogen-bond acceptors (Lipinski definition) is 4. The molecule has 0 fully saturated rings. The normalized spacial score (nSPS) is 10.4. The van der Waals surface area contributed by atoms with Gasteiger partial charge in [0, 0.05) is 11.1 Å². The van der Waals surface area contributed by atoms with E-state index in [1.54, 1.807) is 12.3 Å². The molecule has 0 spiro atoms. The fourth-order valence-corrected chi connectivity index (χ4v) is 2.75. The Bertz CT molecular complexity index is 591. The number of nitrogens with two attached hydrogens (primary N) is 1. The molecule has 0 atom stereocenters. The van der Waals surface area contributed by atoms with E-state index in [0.717, 1.165) is 10.5 Å². The zero-order valence-corrected chi connectivity index (χ0v) is 11.8. The number of benzene rings is 1. The summed E-state index contributed by atoms with van der Waals surface area (Å²) >= 11 is 1.52. The fraction of sp³-hybridized carbons (Fsp3) is 0.200. The lowest BCUT2D eigenvalue weighted by atomic mass is 10.1. The maximum Gasteiger partial charge on any atom is 0.177 e. The van der Waals surface area contributed by atoms with Crippen molar-refractivity contribution in [3.63, 3.8) is 0 Å². The third-order valence-corrected chi connectivity index (χ3v) is 3.82. The smallest absolute Gasteiger partial charge is 0.177 e. The number of nitrogens with zero attached hydrogens (tertiary/aromatic N) is 1. The molecule has 0 aliphatic carbocycles. The molecule has 0 radical (unpaired) electrons. The van der Waals surface area contributed by atoms with Crippen molar-refractivity contribution < 1.29 is 4.79 Å². The summed E-state index contributed by atoms with van der Waals surface area (Å²) in [6, 6.07) is 9.91. The van der Waals surface area contributed by atoms with Crippen LogP contribution in [-0.4, -0.2) is 16.5 Å². The predicted molar refractivity (Wildman–Crippen MR) is 79.6 cm³/mol. The molecule has 2 rings (SSSR count). The van der Waals surface area contributed by atoms with E-state index in [9.17, 15) is 4.79 Å². The van der Waals surface area contributed by atoms with Crippen molar-refractivity contribution in [2.24, 2.45) is 0 Å². The molecule has 0 saturated heterocycles. The summed E-state index contributed by atoms with van der Waals surface area (Å²) < 4.78 is 0. The second-order valence-electron chi connectivity index (χ2n) is 4.42. The summed E-state index contributed by atoms with van der Waals surface area (Å²) in [6.07, 6.45) is 1.62. The summed E-state index contributed by atoms with van der Waals surface area (Å²) in [5.41, 5.74) is 8.38. The minimum Gasteiger partial charge on any atom is -0.383 e. The SMILES string of the molecule is Cc1cccc(SCC(=O)c2c(C)ccnc2N)c1. The average molecular weight is 272 g/mol. The van der Waals surface area contributed by atoms with Gasteiger partial charge in [-0.2, -0.15) is 0 Å². The molecule has 0 saturated carbocycles. The first-order chi connectivity index (χ1) is 9.08. The molecule has 2 N–H and O–H groups in total. The monoisotopic (exact) mass is 272 g/mol. The van der Waals surface area contributed by atoms with E-state index in [2.05, 4.69) is 11.1 Å². The van der Waals surface area contributed by atoms with Gasteiger partial charge >= 0.3 is 0 Å². The highest BCUT2D eigenvalue weighted by Crippen LogP contribution is 2.22. The van der Waals surface area contributed by atoms with Crippen LogP contribution in [0.4, 0.5) is 5.82 Å². The molecule has 0 unspecified atom stereocenters. The molecule has 4 heteroatoms. The van der Waals surface area contributed by atoms with Crippen molar-refractivity contribution in [1.82, 2.24) is 4.98 Å². The molecule has 1 heterocycles. The van der Waals surface area contributed by atoms with E-state index in [4.69, 9.17) is 5.73 Å². The van der Waals surface area contributed by atoms with Crippen LogP contribution in [0.3, 0.4) is 0 Å². The number of carbonyl (C=O) groups is 1. The lowest BCUT2D eigenvalue weighted by Crippen LogP contribution is -2.10. The van der Waals surface area contributed by atoms with Gasteiger partial charge in [-0.05, 0) is 37.6 Å². The lowest BCUT2D eigenvalue weighted by Gasteiger charge is -2.07. The van der Waals surface area contributed by atoms with E-state index in [0.29, 0.717) is 17.1 Å². The fourth-order valence-electron chi connectivity index (χ4n) is 1.87. The third kappa shape index (κ3) is 3.35. The van der Waals surface area contributed by atoms with Crippen LogP contribution in [0.25, 0.3) is 0 Å². The van der Waals surface area contributed by atoms with Gasteiger partial charge in [-0.15, -0.1) is 11.8 Å². The van der Waals surface area contributed by atoms with Crippen molar-refractivity contribution in [1.29, 1.82) is 0 Å². The lowest BCUT2D eigenvalue weighted by molar-refractivity contribution is 0.102. The Morgan fingerprint density at radius 3 is 2.79 bits per heavy atom. The molecule has 3 nitrogen and oxygen atoms in total. The minimum absolute atomic E-state index is 0.0228. The van der Waals surface area contributed by atoms with Crippen molar-refractivity contribution in [2.75, 3.05) is 11.5 Å². The van der Waals surface area contributed by atoms with Crippen LogP contribution in [0.2, 0.25) is 0 Å². The van der Waals surface area contributed by atoms with Crippen LogP contribution in [0.1, 0.15) is 21.5 Å². The number of rotatable bonds is 4. The number of thioether (sulfide) groups is 1. The Morgan fingerprint density at radius 1 is 1.32 bits per heavy atom. The first-order valence-corrected chi connectivity index (χ1v) is 7.00. The van der Waals surface area contributed by atoms with E-state index in [-0.39, 0.29) is 5.78 Å². The van der Waals surface area contributed by atoms with Crippen molar-refractivity contribution in [2.45, 2.75) is 18.7 Å². The van der Waals surface area contributed by atoms with Crippen LogP contribution >= 0.6 is 11.8 Å². The molecule has 0 bridgehead atoms. The minimum atomic E-state index is 0.0228. The van der Waals surface area contributed by atoms with Crippen molar-refractivity contribution >= 4 is 23.4 Å². The van der Waals surface area contributed by atoms with E-state index >= 15 is 0 Å². The van der Waals surface area contributed by atoms with Crippen molar-refractivity contribution in [3.8, 4) is 0 Å². The summed E-state index contributed by atoms with van der Waals surface area (Å²) in [7, 11) is 0. The number of anilines is 1. The summed E-state index contributed by atoms with van der Waals surface area (Å²) in [5, 5.41) is 0. The highest BCUT2D eigenvalue weighted by Gasteiger charge is 2.13. The van der Waals surface area contributed by atoms with Gasteiger partial charge in [-0.25, -0.2) is 4.98 Å². The van der Waals surface area contributed by atoms with Crippen LogP contribution in [0.5, 0.6) is 0 Å². The summed E-state index contributed by atoms with van der Waals surface area (Å²) in [5.74, 6) is 0.713. The zero-order valence-electron chi connectivity index (χ0n) is 11.0. The Hall–Kier alpha value is -1.81.